The Labute approximate surface area is 132 Å². The average Bonchev–Trinajstić information content (AvgIpc) is 2.43. The highest BCUT2D eigenvalue weighted by Crippen LogP contribution is 2.17. The van der Waals surface area contributed by atoms with E-state index in [0.717, 1.165) is 44.0 Å². The van der Waals surface area contributed by atoms with E-state index in [1.54, 1.807) is 0 Å². The minimum Gasteiger partial charge on any atom is -0.494 e. The fourth-order valence-electron chi connectivity index (χ4n) is 2.52. The maximum absolute atomic E-state index is 5.77. The number of benzene rings is 1. The predicted molar refractivity (Wildman–Crippen MR) is 88.9 cm³/mol. The lowest BCUT2D eigenvalue weighted by Gasteiger charge is -2.38. The third-order valence-electron chi connectivity index (χ3n) is 3.51. The average molecular weight is 308 g/mol. The van der Waals surface area contributed by atoms with Gasteiger partial charge < -0.3 is 15.2 Å². The van der Waals surface area contributed by atoms with Crippen molar-refractivity contribution in [2.45, 2.75) is 25.9 Å². The van der Waals surface area contributed by atoms with Gasteiger partial charge in [0, 0.05) is 25.2 Å². The van der Waals surface area contributed by atoms with Crippen molar-refractivity contribution in [2.24, 2.45) is 5.73 Å². The summed E-state index contributed by atoms with van der Waals surface area (Å²) >= 11 is 4.97. The summed E-state index contributed by atoms with van der Waals surface area (Å²) in [5.74, 6) is 0.822. The smallest absolute Gasteiger partial charge is 0.119 e. The zero-order valence-corrected chi connectivity index (χ0v) is 13.6. The van der Waals surface area contributed by atoms with Gasteiger partial charge in [-0.2, -0.15) is 0 Å². The van der Waals surface area contributed by atoms with Crippen LogP contribution in [0.5, 0.6) is 5.75 Å². The molecule has 1 aromatic rings. The highest BCUT2D eigenvalue weighted by atomic mass is 32.1. The van der Waals surface area contributed by atoms with Crippen LogP contribution in [0.3, 0.4) is 0 Å². The second-order valence-electron chi connectivity index (χ2n) is 5.98. The molecule has 1 heterocycles. The molecule has 1 saturated heterocycles. The van der Waals surface area contributed by atoms with Crippen molar-refractivity contribution >= 4 is 17.2 Å². The Hall–Kier alpha value is -1.17. The van der Waals surface area contributed by atoms with Crippen LogP contribution >= 0.6 is 12.2 Å². The van der Waals surface area contributed by atoms with E-state index in [1.165, 1.54) is 0 Å². The maximum atomic E-state index is 5.77. The van der Waals surface area contributed by atoms with Crippen LogP contribution in [-0.4, -0.2) is 48.3 Å². The molecular formula is C16H24N2O2S. The molecule has 0 atom stereocenters. The van der Waals surface area contributed by atoms with Gasteiger partial charge in [0.05, 0.1) is 18.8 Å². The van der Waals surface area contributed by atoms with E-state index in [9.17, 15) is 0 Å². The quantitative estimate of drug-likeness (QED) is 0.645. The number of nitrogens with zero attached hydrogens (tertiary/aromatic N) is 1. The zero-order valence-electron chi connectivity index (χ0n) is 12.8. The molecule has 4 nitrogen and oxygen atoms in total. The molecule has 116 valence electrons. The van der Waals surface area contributed by atoms with E-state index in [-0.39, 0.29) is 5.60 Å². The Kier molecular flexibility index (Phi) is 5.56. The second-order valence-corrected chi connectivity index (χ2v) is 6.42. The lowest BCUT2D eigenvalue weighted by atomic mass is 10.1. The highest BCUT2D eigenvalue weighted by Gasteiger charge is 2.26. The molecule has 0 radical (unpaired) electrons. The van der Waals surface area contributed by atoms with Gasteiger partial charge >= 0.3 is 0 Å². The van der Waals surface area contributed by atoms with Gasteiger partial charge in [-0.1, -0.05) is 24.4 Å². The standard InChI is InChI=1S/C16H24N2O2S/c1-16(2)12-18(8-10-20-16)7-4-9-19-14-6-3-5-13(11-14)15(17)21/h3,5-6,11H,4,7-10,12H2,1-2H3,(H2,17,21). The summed E-state index contributed by atoms with van der Waals surface area (Å²) < 4.78 is 11.5. The molecule has 5 heteroatoms. The third-order valence-corrected chi connectivity index (χ3v) is 3.75. The molecule has 1 aliphatic heterocycles. The van der Waals surface area contributed by atoms with Crippen LogP contribution in [0.25, 0.3) is 0 Å². The van der Waals surface area contributed by atoms with Crippen molar-refractivity contribution in [3.63, 3.8) is 0 Å². The molecule has 0 bridgehead atoms. The normalized spacial score (nSPS) is 18.4. The number of nitrogens with two attached hydrogens (primary N) is 1. The number of hydrogen-bond acceptors (Lipinski definition) is 4. The molecule has 1 fully saturated rings. The van der Waals surface area contributed by atoms with Gasteiger partial charge in [-0.3, -0.25) is 4.90 Å². The van der Waals surface area contributed by atoms with Crippen LogP contribution < -0.4 is 10.5 Å². The monoisotopic (exact) mass is 308 g/mol. The molecule has 1 aliphatic rings. The van der Waals surface area contributed by atoms with Gasteiger partial charge in [-0.15, -0.1) is 0 Å². The molecule has 2 N–H and O–H groups in total. The van der Waals surface area contributed by atoms with Gasteiger partial charge in [-0.25, -0.2) is 0 Å². The first-order valence-corrected chi connectivity index (χ1v) is 7.76. The topological polar surface area (TPSA) is 47.7 Å². The number of rotatable bonds is 6. The summed E-state index contributed by atoms with van der Waals surface area (Å²) in [5, 5.41) is 0. The van der Waals surface area contributed by atoms with Crippen molar-refractivity contribution in [3.8, 4) is 5.75 Å². The van der Waals surface area contributed by atoms with Crippen LogP contribution in [0.4, 0.5) is 0 Å². The van der Waals surface area contributed by atoms with Gasteiger partial charge in [0.2, 0.25) is 0 Å². The molecule has 2 rings (SSSR count). The molecule has 0 spiro atoms. The number of ether oxygens (including phenoxy) is 2. The second kappa shape index (κ2) is 7.20. The van der Waals surface area contributed by atoms with Crippen LogP contribution in [0, 0.1) is 0 Å². The van der Waals surface area contributed by atoms with E-state index < -0.39 is 0 Å². The van der Waals surface area contributed by atoms with Crippen LogP contribution in [0.15, 0.2) is 24.3 Å². The zero-order chi connectivity index (χ0) is 15.3. The SMILES string of the molecule is CC1(C)CN(CCCOc2cccc(C(N)=S)c2)CCO1. The fourth-order valence-corrected chi connectivity index (χ4v) is 2.65. The van der Waals surface area contributed by atoms with Crippen molar-refractivity contribution in [2.75, 3.05) is 32.8 Å². The summed E-state index contributed by atoms with van der Waals surface area (Å²) in [7, 11) is 0. The summed E-state index contributed by atoms with van der Waals surface area (Å²) in [5.41, 5.74) is 6.43. The van der Waals surface area contributed by atoms with Gasteiger partial charge in [-0.05, 0) is 32.4 Å². The van der Waals surface area contributed by atoms with Gasteiger partial charge in [0.25, 0.3) is 0 Å². The molecule has 0 unspecified atom stereocenters. The number of morpholine rings is 1. The summed E-state index contributed by atoms with van der Waals surface area (Å²) in [4.78, 5) is 2.83. The van der Waals surface area contributed by atoms with E-state index in [4.69, 9.17) is 27.4 Å². The first-order chi connectivity index (χ1) is 9.96. The van der Waals surface area contributed by atoms with Crippen molar-refractivity contribution in [1.29, 1.82) is 0 Å². The molecule has 21 heavy (non-hydrogen) atoms. The Morgan fingerprint density at radius 1 is 1.48 bits per heavy atom. The predicted octanol–water partition coefficient (Wildman–Crippen LogP) is 2.20. The molecule has 0 aromatic heterocycles. The van der Waals surface area contributed by atoms with Crippen molar-refractivity contribution in [3.05, 3.63) is 29.8 Å². The maximum Gasteiger partial charge on any atom is 0.119 e. The Bertz CT molecular complexity index is 491. The Morgan fingerprint density at radius 3 is 3.00 bits per heavy atom. The first-order valence-electron chi connectivity index (χ1n) is 7.35. The summed E-state index contributed by atoms with van der Waals surface area (Å²) in [6.07, 6.45) is 0.993. The number of thiocarbonyl (C=S) groups is 1. The van der Waals surface area contributed by atoms with Crippen LogP contribution in [-0.2, 0) is 4.74 Å². The van der Waals surface area contributed by atoms with E-state index >= 15 is 0 Å². The van der Waals surface area contributed by atoms with Crippen molar-refractivity contribution in [1.82, 2.24) is 4.90 Å². The number of hydrogen-bond donors (Lipinski definition) is 1. The summed E-state index contributed by atoms with van der Waals surface area (Å²) in [6.45, 7) is 8.78. The molecule has 1 aromatic carbocycles. The lowest BCUT2D eigenvalue weighted by Crippen LogP contribution is -2.48. The minimum atomic E-state index is -0.0374. The fraction of sp³-hybridized carbons (Fsp3) is 0.562. The van der Waals surface area contributed by atoms with E-state index in [1.807, 2.05) is 24.3 Å². The van der Waals surface area contributed by atoms with Gasteiger partial charge in [0.1, 0.15) is 10.7 Å². The first kappa shape index (κ1) is 16.2. The Morgan fingerprint density at radius 2 is 2.29 bits per heavy atom. The van der Waals surface area contributed by atoms with Crippen molar-refractivity contribution < 1.29 is 9.47 Å². The molecule has 0 saturated carbocycles. The minimum absolute atomic E-state index is 0.0374. The van der Waals surface area contributed by atoms with Crippen LogP contribution in [0.2, 0.25) is 0 Å². The third kappa shape index (κ3) is 5.26. The molecule has 0 aliphatic carbocycles. The molecular weight excluding hydrogens is 284 g/mol. The van der Waals surface area contributed by atoms with Gasteiger partial charge in [0.15, 0.2) is 0 Å². The lowest BCUT2D eigenvalue weighted by molar-refractivity contribution is -0.0864. The van der Waals surface area contributed by atoms with E-state index in [0.29, 0.717) is 11.6 Å². The summed E-state index contributed by atoms with van der Waals surface area (Å²) in [6, 6.07) is 7.62. The van der Waals surface area contributed by atoms with E-state index in [2.05, 4.69) is 18.7 Å². The Balaban J connectivity index is 1.72. The van der Waals surface area contributed by atoms with Crippen LogP contribution in [0.1, 0.15) is 25.8 Å². The highest BCUT2D eigenvalue weighted by molar-refractivity contribution is 7.80. The molecule has 0 amide bonds. The largest absolute Gasteiger partial charge is 0.494 e.